The highest BCUT2D eigenvalue weighted by molar-refractivity contribution is 7.93. The molecule has 0 bridgehead atoms. The number of nitrogens with zero attached hydrogens (tertiary/aromatic N) is 1. The molecule has 0 fully saturated rings. The number of alkyl halides is 6. The van der Waals surface area contributed by atoms with Gasteiger partial charge in [0.25, 0.3) is 0 Å². The molecule has 0 radical (unpaired) electrons. The van der Waals surface area contributed by atoms with Crippen LogP contribution in [0.25, 0.3) is 10.8 Å². The molecule has 0 aromatic heterocycles. The fraction of sp³-hybridized carbons (Fsp3) is 0.190. The molecule has 0 saturated heterocycles. The first-order valence-electron chi connectivity index (χ1n) is 9.70. The van der Waals surface area contributed by atoms with E-state index in [2.05, 4.69) is 10.5 Å². The Hall–Kier alpha value is -3.52. The van der Waals surface area contributed by atoms with Gasteiger partial charge in [-0.05, 0) is 41.8 Å². The zero-order chi connectivity index (χ0) is 25.5. The van der Waals surface area contributed by atoms with Crippen LogP contribution in [-0.4, -0.2) is 26.9 Å². The molecule has 7 nitrogen and oxygen atoms in total. The molecule has 1 unspecified atom stereocenters. The summed E-state index contributed by atoms with van der Waals surface area (Å²) in [5.41, 5.74) is -5.44. The molecule has 1 atom stereocenters. The van der Waals surface area contributed by atoms with Crippen LogP contribution in [0.2, 0.25) is 0 Å². The summed E-state index contributed by atoms with van der Waals surface area (Å²) < 4.78 is 107. The van der Waals surface area contributed by atoms with E-state index in [0.717, 1.165) is 18.2 Å². The van der Waals surface area contributed by atoms with Gasteiger partial charge in [0.2, 0.25) is 5.72 Å². The van der Waals surface area contributed by atoms with E-state index < -0.39 is 33.0 Å². The standard InChI is InChI=1S/C21H15F6N3O4S/c22-20(23,24)15-6-4-14(5-7-15)19(28-12-29-34-19)11-33-18-3-1-2-13-10-16(8-9-17(13)18)30-35(31,32)21(25,26)27/h1-10,12,30H,11H2,(H,28,29). The molecular formula is C21H15F6N3O4S. The summed E-state index contributed by atoms with van der Waals surface area (Å²) >= 11 is 0. The topological polar surface area (TPSA) is 89.0 Å². The molecular weight excluding hydrogens is 504 g/mol. The summed E-state index contributed by atoms with van der Waals surface area (Å²) in [4.78, 5) is 9.58. The number of benzene rings is 3. The Morgan fingerprint density at radius 2 is 1.71 bits per heavy atom. The van der Waals surface area contributed by atoms with Crippen LogP contribution < -0.4 is 14.9 Å². The van der Waals surface area contributed by atoms with Crippen LogP contribution in [0, 0.1) is 0 Å². The van der Waals surface area contributed by atoms with Crippen molar-refractivity contribution in [3.8, 4) is 5.75 Å². The van der Waals surface area contributed by atoms with Crippen LogP contribution in [0.5, 0.6) is 5.75 Å². The number of rotatable bonds is 6. The molecule has 0 amide bonds. The van der Waals surface area contributed by atoms with Crippen LogP contribution in [-0.2, 0) is 26.8 Å². The van der Waals surface area contributed by atoms with Crippen molar-refractivity contribution in [2.24, 2.45) is 4.99 Å². The molecule has 3 aromatic rings. The third-order valence-electron chi connectivity index (χ3n) is 5.04. The van der Waals surface area contributed by atoms with Crippen molar-refractivity contribution < 1.29 is 44.3 Å². The van der Waals surface area contributed by atoms with Gasteiger partial charge in [0, 0.05) is 16.6 Å². The molecule has 0 spiro atoms. The smallest absolute Gasteiger partial charge is 0.487 e. The Morgan fingerprint density at radius 1 is 1.00 bits per heavy atom. The maximum Gasteiger partial charge on any atom is 0.516 e. The van der Waals surface area contributed by atoms with Crippen molar-refractivity contribution in [3.05, 3.63) is 71.8 Å². The second-order valence-corrected chi connectivity index (χ2v) is 9.04. The first-order valence-corrected chi connectivity index (χ1v) is 11.2. The summed E-state index contributed by atoms with van der Waals surface area (Å²) in [6, 6.07) is 12.5. The number of aliphatic imine (C=N–C) groups is 1. The van der Waals surface area contributed by atoms with Crippen LogP contribution in [0.3, 0.4) is 0 Å². The van der Waals surface area contributed by atoms with Crippen LogP contribution in [0.4, 0.5) is 32.0 Å². The number of anilines is 1. The molecule has 0 saturated carbocycles. The zero-order valence-corrected chi connectivity index (χ0v) is 18.1. The number of hydrogen-bond donors (Lipinski definition) is 2. The van der Waals surface area contributed by atoms with E-state index in [4.69, 9.17) is 9.57 Å². The van der Waals surface area contributed by atoms with Gasteiger partial charge in [-0.1, -0.05) is 24.3 Å². The second-order valence-electron chi connectivity index (χ2n) is 7.37. The van der Waals surface area contributed by atoms with E-state index in [0.29, 0.717) is 10.8 Å². The Morgan fingerprint density at radius 3 is 2.31 bits per heavy atom. The number of sulfonamides is 1. The first kappa shape index (κ1) is 24.6. The highest BCUT2D eigenvalue weighted by Crippen LogP contribution is 2.36. The maximum absolute atomic E-state index is 12.9. The van der Waals surface area contributed by atoms with Crippen molar-refractivity contribution in [2.45, 2.75) is 17.4 Å². The van der Waals surface area contributed by atoms with Gasteiger partial charge in [-0.25, -0.2) is 9.83 Å². The number of halogens is 6. The van der Waals surface area contributed by atoms with Crippen LogP contribution in [0.1, 0.15) is 11.1 Å². The number of nitrogens with one attached hydrogen (secondary N) is 2. The molecule has 1 heterocycles. The predicted octanol–water partition coefficient (Wildman–Crippen LogP) is 4.92. The van der Waals surface area contributed by atoms with Crippen molar-refractivity contribution >= 4 is 32.8 Å². The van der Waals surface area contributed by atoms with Crippen LogP contribution in [0.15, 0.2) is 65.7 Å². The lowest BCUT2D eigenvalue weighted by Crippen LogP contribution is -2.34. The Kier molecular flexibility index (Phi) is 6.05. The summed E-state index contributed by atoms with van der Waals surface area (Å²) in [6.07, 6.45) is -3.31. The summed E-state index contributed by atoms with van der Waals surface area (Å²) in [7, 11) is -5.59. The Bertz CT molecular complexity index is 1370. The van der Waals surface area contributed by atoms with Gasteiger partial charge in [0.05, 0.1) is 5.56 Å². The quantitative estimate of drug-likeness (QED) is 0.452. The predicted molar refractivity (Wildman–Crippen MR) is 114 cm³/mol. The summed E-state index contributed by atoms with van der Waals surface area (Å²) in [6.45, 7) is -0.274. The minimum atomic E-state index is -5.59. The lowest BCUT2D eigenvalue weighted by Gasteiger charge is -2.25. The highest BCUT2D eigenvalue weighted by Gasteiger charge is 2.46. The van der Waals surface area contributed by atoms with E-state index >= 15 is 0 Å². The minimum Gasteiger partial charge on any atom is -0.487 e. The van der Waals surface area contributed by atoms with E-state index in [1.807, 2.05) is 0 Å². The first-order chi connectivity index (χ1) is 16.3. The minimum absolute atomic E-state index is 0.254. The molecule has 2 N–H and O–H groups in total. The average molecular weight is 519 g/mol. The van der Waals surface area contributed by atoms with Gasteiger partial charge >= 0.3 is 21.7 Å². The monoisotopic (exact) mass is 519 g/mol. The molecule has 1 aliphatic heterocycles. The Labute approximate surface area is 194 Å². The second kappa shape index (κ2) is 8.61. The van der Waals surface area contributed by atoms with E-state index in [1.165, 1.54) is 47.5 Å². The van der Waals surface area contributed by atoms with Gasteiger partial charge in [0.1, 0.15) is 18.7 Å². The SMILES string of the molecule is O=S(=O)(Nc1ccc2c(OCC3(c4ccc(C(F)(F)F)cc4)N=CNO3)cccc2c1)C(F)(F)F. The van der Waals surface area contributed by atoms with E-state index in [1.54, 1.807) is 6.07 Å². The van der Waals surface area contributed by atoms with Crippen molar-refractivity contribution in [3.63, 3.8) is 0 Å². The number of hydroxylamine groups is 1. The lowest BCUT2D eigenvalue weighted by molar-refractivity contribution is -0.137. The fourth-order valence-electron chi connectivity index (χ4n) is 3.32. The third-order valence-corrected chi connectivity index (χ3v) is 6.15. The van der Waals surface area contributed by atoms with Gasteiger partial charge in [-0.3, -0.25) is 10.2 Å². The summed E-state index contributed by atoms with van der Waals surface area (Å²) in [5.74, 6) is 0.254. The number of ether oxygens (including phenoxy) is 1. The fourth-order valence-corrected chi connectivity index (χ4v) is 3.87. The molecule has 35 heavy (non-hydrogen) atoms. The molecule has 3 aromatic carbocycles. The molecule has 1 aliphatic rings. The third kappa shape index (κ3) is 4.98. The van der Waals surface area contributed by atoms with Crippen LogP contribution >= 0.6 is 0 Å². The molecule has 0 aliphatic carbocycles. The molecule has 186 valence electrons. The van der Waals surface area contributed by atoms with Crippen molar-refractivity contribution in [2.75, 3.05) is 11.3 Å². The van der Waals surface area contributed by atoms with Gasteiger partial charge in [-0.2, -0.15) is 34.8 Å². The van der Waals surface area contributed by atoms with Crippen molar-refractivity contribution in [1.29, 1.82) is 0 Å². The zero-order valence-electron chi connectivity index (χ0n) is 17.3. The normalized spacial score (nSPS) is 18.5. The van der Waals surface area contributed by atoms with E-state index in [9.17, 15) is 34.8 Å². The van der Waals surface area contributed by atoms with Gasteiger partial charge in [0.15, 0.2) is 0 Å². The molecule has 4 rings (SSSR count). The largest absolute Gasteiger partial charge is 0.516 e. The number of fused-ring (bicyclic) bond motifs is 1. The molecule has 14 heteroatoms. The maximum atomic E-state index is 12.9. The van der Waals surface area contributed by atoms with Gasteiger partial charge in [-0.15, -0.1) is 0 Å². The van der Waals surface area contributed by atoms with Crippen molar-refractivity contribution in [1.82, 2.24) is 5.48 Å². The summed E-state index contributed by atoms with van der Waals surface area (Å²) in [5, 5.41) is 0.794. The highest BCUT2D eigenvalue weighted by atomic mass is 32.2. The lowest BCUT2D eigenvalue weighted by atomic mass is 10.0. The average Bonchev–Trinajstić information content (AvgIpc) is 3.26. The van der Waals surface area contributed by atoms with Gasteiger partial charge < -0.3 is 4.74 Å². The Balaban J connectivity index is 1.59. The number of hydrogen-bond acceptors (Lipinski definition) is 6. The van der Waals surface area contributed by atoms with E-state index in [-0.39, 0.29) is 23.6 Å².